The predicted molar refractivity (Wildman–Crippen MR) is 81.5 cm³/mol. The number of rotatable bonds is 4. The Balaban J connectivity index is 2.32. The Morgan fingerprint density at radius 3 is 2.76 bits per heavy atom. The molecule has 0 aliphatic rings. The normalized spacial score (nSPS) is 10.2. The summed E-state index contributed by atoms with van der Waals surface area (Å²) in [4.78, 5) is 11.8. The summed E-state index contributed by atoms with van der Waals surface area (Å²) in [5.41, 5.74) is 7.00. The molecule has 3 N–H and O–H groups in total. The maximum Gasteiger partial charge on any atom is 0.340 e. The maximum absolute atomic E-state index is 13.8. The summed E-state index contributed by atoms with van der Waals surface area (Å²) in [6.45, 7) is 1.96. The zero-order valence-electron chi connectivity index (χ0n) is 11.3. The van der Waals surface area contributed by atoms with Gasteiger partial charge in [0, 0.05) is 5.02 Å². The Morgan fingerprint density at radius 1 is 1.33 bits per heavy atom. The van der Waals surface area contributed by atoms with E-state index in [4.69, 9.17) is 22.1 Å². The SMILES string of the molecule is CCOC(=O)c1cccc(Nc2ccc(Cl)cc2F)c1N. The highest BCUT2D eigenvalue weighted by Gasteiger charge is 2.14. The average molecular weight is 309 g/mol. The fourth-order valence-corrected chi connectivity index (χ4v) is 1.96. The Morgan fingerprint density at radius 2 is 2.10 bits per heavy atom. The molecule has 2 aromatic rings. The van der Waals surface area contributed by atoms with Crippen molar-refractivity contribution in [2.75, 3.05) is 17.7 Å². The summed E-state index contributed by atoms with van der Waals surface area (Å²) in [6.07, 6.45) is 0. The van der Waals surface area contributed by atoms with Gasteiger partial charge in [0.05, 0.1) is 29.2 Å². The van der Waals surface area contributed by atoms with Crippen LogP contribution in [0.4, 0.5) is 21.5 Å². The molecule has 0 aromatic heterocycles. The van der Waals surface area contributed by atoms with E-state index in [0.717, 1.165) is 0 Å². The number of esters is 1. The van der Waals surface area contributed by atoms with Crippen molar-refractivity contribution in [2.45, 2.75) is 6.92 Å². The monoisotopic (exact) mass is 308 g/mol. The van der Waals surface area contributed by atoms with E-state index in [1.54, 1.807) is 31.2 Å². The van der Waals surface area contributed by atoms with Crippen molar-refractivity contribution in [3.8, 4) is 0 Å². The minimum Gasteiger partial charge on any atom is -0.462 e. The van der Waals surface area contributed by atoms with Gasteiger partial charge in [-0.1, -0.05) is 17.7 Å². The lowest BCUT2D eigenvalue weighted by Crippen LogP contribution is -2.09. The highest BCUT2D eigenvalue weighted by molar-refractivity contribution is 6.30. The van der Waals surface area contributed by atoms with Gasteiger partial charge in [-0.3, -0.25) is 0 Å². The fourth-order valence-electron chi connectivity index (χ4n) is 1.80. The standard InChI is InChI=1S/C15H14ClFN2O2/c1-2-21-15(20)10-4-3-5-13(14(10)18)19-12-7-6-9(16)8-11(12)17/h3-8,19H,2,18H2,1H3. The Hall–Kier alpha value is -2.27. The van der Waals surface area contributed by atoms with Gasteiger partial charge in [-0.15, -0.1) is 0 Å². The molecule has 110 valence electrons. The van der Waals surface area contributed by atoms with Gasteiger partial charge in [-0.2, -0.15) is 0 Å². The van der Waals surface area contributed by atoms with Crippen molar-refractivity contribution in [2.24, 2.45) is 0 Å². The topological polar surface area (TPSA) is 64.3 Å². The van der Waals surface area contributed by atoms with Crippen LogP contribution in [0.1, 0.15) is 17.3 Å². The molecule has 21 heavy (non-hydrogen) atoms. The Labute approximate surface area is 126 Å². The van der Waals surface area contributed by atoms with Crippen LogP contribution in [0.3, 0.4) is 0 Å². The van der Waals surface area contributed by atoms with E-state index < -0.39 is 11.8 Å². The van der Waals surface area contributed by atoms with Gasteiger partial charge in [0.1, 0.15) is 5.82 Å². The van der Waals surface area contributed by atoms with Crippen molar-refractivity contribution in [3.63, 3.8) is 0 Å². The molecule has 4 nitrogen and oxygen atoms in total. The summed E-state index contributed by atoms with van der Waals surface area (Å²) in [5.74, 6) is -1.03. The molecule has 2 rings (SSSR count). The van der Waals surface area contributed by atoms with Gasteiger partial charge in [-0.05, 0) is 37.3 Å². The molecule has 0 spiro atoms. The van der Waals surface area contributed by atoms with Gasteiger partial charge >= 0.3 is 5.97 Å². The van der Waals surface area contributed by atoms with Crippen molar-refractivity contribution >= 4 is 34.6 Å². The molecule has 0 saturated heterocycles. The molecular formula is C15H14ClFN2O2. The second kappa shape index (κ2) is 6.45. The van der Waals surface area contributed by atoms with Crippen LogP contribution in [0.5, 0.6) is 0 Å². The summed E-state index contributed by atoms with van der Waals surface area (Å²) >= 11 is 5.70. The second-order valence-corrected chi connectivity index (χ2v) is 4.67. The van der Waals surface area contributed by atoms with Gasteiger partial charge in [0.15, 0.2) is 0 Å². The molecule has 0 fully saturated rings. The van der Waals surface area contributed by atoms with Crippen LogP contribution >= 0.6 is 11.6 Å². The first kappa shape index (κ1) is 15.1. The molecule has 0 aliphatic carbocycles. The lowest BCUT2D eigenvalue weighted by molar-refractivity contribution is 0.0527. The molecular weight excluding hydrogens is 295 g/mol. The lowest BCUT2D eigenvalue weighted by Gasteiger charge is -2.13. The number of benzene rings is 2. The number of nitrogens with two attached hydrogens (primary N) is 1. The van der Waals surface area contributed by atoms with Crippen LogP contribution in [0.2, 0.25) is 5.02 Å². The largest absolute Gasteiger partial charge is 0.462 e. The van der Waals surface area contributed by atoms with E-state index in [2.05, 4.69) is 5.32 Å². The minimum atomic E-state index is -0.518. The molecule has 0 heterocycles. The van der Waals surface area contributed by atoms with E-state index >= 15 is 0 Å². The number of carbonyl (C=O) groups excluding carboxylic acids is 1. The van der Waals surface area contributed by atoms with Crippen LogP contribution in [0.15, 0.2) is 36.4 Å². The van der Waals surface area contributed by atoms with E-state index in [-0.39, 0.29) is 23.5 Å². The number of anilines is 3. The van der Waals surface area contributed by atoms with Crippen molar-refractivity contribution in [3.05, 3.63) is 52.8 Å². The molecule has 0 atom stereocenters. The van der Waals surface area contributed by atoms with Crippen LogP contribution in [0.25, 0.3) is 0 Å². The molecule has 0 bridgehead atoms. The molecule has 0 amide bonds. The number of halogens is 2. The van der Waals surface area contributed by atoms with Crippen LogP contribution in [0, 0.1) is 5.82 Å². The van der Waals surface area contributed by atoms with Crippen LogP contribution in [-0.4, -0.2) is 12.6 Å². The lowest BCUT2D eigenvalue weighted by atomic mass is 10.1. The first-order valence-corrected chi connectivity index (χ1v) is 6.68. The van der Waals surface area contributed by atoms with Gasteiger partial charge in [-0.25, -0.2) is 9.18 Å². The fraction of sp³-hybridized carbons (Fsp3) is 0.133. The smallest absolute Gasteiger partial charge is 0.340 e. The molecule has 2 aromatic carbocycles. The van der Waals surface area contributed by atoms with Gasteiger partial charge in [0.2, 0.25) is 0 Å². The number of ether oxygens (including phenoxy) is 1. The molecule has 6 heteroatoms. The number of carbonyl (C=O) groups is 1. The highest BCUT2D eigenvalue weighted by Crippen LogP contribution is 2.29. The summed E-state index contributed by atoms with van der Waals surface area (Å²) in [6, 6.07) is 9.07. The third kappa shape index (κ3) is 3.44. The maximum atomic E-state index is 13.8. The minimum absolute atomic E-state index is 0.199. The average Bonchev–Trinajstić information content (AvgIpc) is 2.44. The number of nitrogen functional groups attached to an aromatic ring is 1. The predicted octanol–water partition coefficient (Wildman–Crippen LogP) is 3.98. The number of para-hydroxylation sites is 1. The van der Waals surface area contributed by atoms with E-state index in [1.807, 2.05) is 0 Å². The summed E-state index contributed by atoms with van der Waals surface area (Å²) in [7, 11) is 0. The summed E-state index contributed by atoms with van der Waals surface area (Å²) < 4.78 is 18.7. The zero-order valence-corrected chi connectivity index (χ0v) is 12.1. The highest BCUT2D eigenvalue weighted by atomic mass is 35.5. The molecule has 0 radical (unpaired) electrons. The first-order valence-electron chi connectivity index (χ1n) is 6.30. The molecule has 0 saturated carbocycles. The first-order chi connectivity index (χ1) is 10.0. The van der Waals surface area contributed by atoms with Gasteiger partial charge in [0.25, 0.3) is 0 Å². The van der Waals surface area contributed by atoms with E-state index in [1.165, 1.54) is 12.1 Å². The van der Waals surface area contributed by atoms with Crippen LogP contribution in [-0.2, 0) is 4.74 Å². The molecule has 0 unspecified atom stereocenters. The quantitative estimate of drug-likeness (QED) is 0.662. The van der Waals surface area contributed by atoms with Crippen LogP contribution < -0.4 is 11.1 Å². The van der Waals surface area contributed by atoms with Gasteiger partial charge < -0.3 is 15.8 Å². The summed E-state index contributed by atoms with van der Waals surface area (Å²) in [5, 5.41) is 3.14. The number of hydrogen-bond donors (Lipinski definition) is 2. The van der Waals surface area contributed by atoms with Crippen molar-refractivity contribution < 1.29 is 13.9 Å². The Bertz CT molecular complexity index is 677. The van der Waals surface area contributed by atoms with E-state index in [0.29, 0.717) is 10.7 Å². The number of nitrogens with one attached hydrogen (secondary N) is 1. The van der Waals surface area contributed by atoms with Crippen molar-refractivity contribution in [1.82, 2.24) is 0 Å². The second-order valence-electron chi connectivity index (χ2n) is 4.24. The van der Waals surface area contributed by atoms with E-state index in [9.17, 15) is 9.18 Å². The number of hydrogen-bond acceptors (Lipinski definition) is 4. The third-order valence-electron chi connectivity index (χ3n) is 2.80. The van der Waals surface area contributed by atoms with Crippen molar-refractivity contribution in [1.29, 1.82) is 0 Å². The zero-order chi connectivity index (χ0) is 15.4. The third-order valence-corrected chi connectivity index (χ3v) is 3.04. The molecule has 0 aliphatic heterocycles. The Kier molecular flexibility index (Phi) is 4.65.